The third-order valence-corrected chi connectivity index (χ3v) is 7.62. The third kappa shape index (κ3) is 2.80. The maximum Gasteiger partial charge on any atom is 0.211 e. The molecule has 3 heterocycles. The van der Waals surface area contributed by atoms with Crippen LogP contribution in [0.4, 0.5) is 0 Å². The van der Waals surface area contributed by atoms with Crippen LogP contribution in [-0.4, -0.2) is 49.6 Å². The molecule has 0 spiro atoms. The predicted octanol–water partition coefficient (Wildman–Crippen LogP) is 2.59. The standard InChI is InChI=1S/C19H28N2O2S/c1-3-14-6-7-17-15(11-14)8-10-20-13-16-5-4-9-21(24(2,22)23)18(16)12-19(17)20/h6-7,11,16,18-19H,3-5,8-10,12-13H2,1-2H3/t16-,18+,19-/m1/s1. The average Bonchev–Trinajstić information content (AvgIpc) is 2.58. The molecule has 5 heteroatoms. The molecule has 1 aromatic carbocycles. The summed E-state index contributed by atoms with van der Waals surface area (Å²) in [5, 5.41) is 0. The number of hydrogen-bond donors (Lipinski definition) is 0. The van der Waals surface area contributed by atoms with Gasteiger partial charge in [0.2, 0.25) is 10.0 Å². The van der Waals surface area contributed by atoms with E-state index >= 15 is 0 Å². The molecule has 3 atom stereocenters. The molecule has 3 aliphatic rings. The smallest absolute Gasteiger partial charge is 0.211 e. The molecule has 24 heavy (non-hydrogen) atoms. The Morgan fingerprint density at radius 1 is 1.25 bits per heavy atom. The van der Waals surface area contributed by atoms with Gasteiger partial charge in [-0.25, -0.2) is 8.42 Å². The number of piperidine rings is 2. The molecular formula is C19H28N2O2S. The zero-order chi connectivity index (χ0) is 16.9. The molecule has 0 saturated carbocycles. The number of sulfonamides is 1. The molecule has 2 fully saturated rings. The second-order valence-electron chi connectivity index (χ2n) is 7.73. The van der Waals surface area contributed by atoms with Crippen molar-refractivity contribution < 1.29 is 8.42 Å². The Morgan fingerprint density at radius 3 is 2.83 bits per heavy atom. The molecule has 132 valence electrons. The highest BCUT2D eigenvalue weighted by atomic mass is 32.2. The summed E-state index contributed by atoms with van der Waals surface area (Å²) in [6, 6.07) is 7.51. The van der Waals surface area contributed by atoms with E-state index in [2.05, 4.69) is 30.0 Å². The molecule has 4 nitrogen and oxygen atoms in total. The molecule has 2 saturated heterocycles. The highest BCUT2D eigenvalue weighted by Crippen LogP contribution is 2.43. The van der Waals surface area contributed by atoms with Crippen LogP contribution in [-0.2, 0) is 22.9 Å². The number of benzene rings is 1. The summed E-state index contributed by atoms with van der Waals surface area (Å²) in [6.45, 7) is 5.08. The fraction of sp³-hybridized carbons (Fsp3) is 0.684. The zero-order valence-corrected chi connectivity index (χ0v) is 15.6. The van der Waals surface area contributed by atoms with E-state index in [4.69, 9.17) is 0 Å². The lowest BCUT2D eigenvalue weighted by Crippen LogP contribution is -2.57. The van der Waals surface area contributed by atoms with Crippen molar-refractivity contribution in [3.63, 3.8) is 0 Å². The van der Waals surface area contributed by atoms with E-state index in [1.54, 1.807) is 4.31 Å². The van der Waals surface area contributed by atoms with E-state index in [-0.39, 0.29) is 6.04 Å². The van der Waals surface area contributed by atoms with Crippen molar-refractivity contribution in [1.82, 2.24) is 9.21 Å². The van der Waals surface area contributed by atoms with Gasteiger partial charge in [-0.3, -0.25) is 4.90 Å². The molecule has 0 aromatic heterocycles. The van der Waals surface area contributed by atoms with Gasteiger partial charge in [-0.15, -0.1) is 0 Å². The van der Waals surface area contributed by atoms with Crippen LogP contribution in [0.5, 0.6) is 0 Å². The Kier molecular flexibility index (Phi) is 4.22. The largest absolute Gasteiger partial charge is 0.296 e. The van der Waals surface area contributed by atoms with Gasteiger partial charge in [0.25, 0.3) is 0 Å². The minimum Gasteiger partial charge on any atom is -0.296 e. The van der Waals surface area contributed by atoms with Gasteiger partial charge < -0.3 is 0 Å². The third-order valence-electron chi connectivity index (χ3n) is 6.31. The van der Waals surface area contributed by atoms with Gasteiger partial charge in [0.15, 0.2) is 0 Å². The molecule has 4 rings (SSSR count). The Labute approximate surface area is 145 Å². The fourth-order valence-electron chi connectivity index (χ4n) is 5.10. The average molecular weight is 349 g/mol. The van der Waals surface area contributed by atoms with E-state index in [9.17, 15) is 8.42 Å². The van der Waals surface area contributed by atoms with Crippen molar-refractivity contribution in [2.75, 3.05) is 25.9 Å². The van der Waals surface area contributed by atoms with Gasteiger partial charge in [-0.2, -0.15) is 4.31 Å². The molecule has 0 unspecified atom stereocenters. The first kappa shape index (κ1) is 16.6. The number of rotatable bonds is 2. The van der Waals surface area contributed by atoms with E-state index < -0.39 is 10.0 Å². The Morgan fingerprint density at radius 2 is 2.08 bits per heavy atom. The molecule has 0 amide bonds. The van der Waals surface area contributed by atoms with E-state index in [1.807, 2.05) is 0 Å². The van der Waals surface area contributed by atoms with E-state index in [0.717, 1.165) is 38.8 Å². The molecule has 0 bridgehead atoms. The van der Waals surface area contributed by atoms with Crippen molar-refractivity contribution >= 4 is 10.0 Å². The van der Waals surface area contributed by atoms with Gasteiger partial charge in [0, 0.05) is 31.7 Å². The van der Waals surface area contributed by atoms with Crippen LogP contribution < -0.4 is 0 Å². The summed E-state index contributed by atoms with van der Waals surface area (Å²) in [4.78, 5) is 2.61. The number of aryl methyl sites for hydroxylation is 1. The van der Waals surface area contributed by atoms with Crippen LogP contribution in [0.1, 0.15) is 48.9 Å². The molecule has 3 aliphatic heterocycles. The summed E-state index contributed by atoms with van der Waals surface area (Å²) >= 11 is 0. The Bertz CT molecular complexity index is 731. The van der Waals surface area contributed by atoms with Crippen LogP contribution >= 0.6 is 0 Å². The highest BCUT2D eigenvalue weighted by molar-refractivity contribution is 7.88. The normalized spacial score (nSPS) is 31.2. The number of nitrogens with zero attached hydrogens (tertiary/aromatic N) is 2. The van der Waals surface area contributed by atoms with Crippen molar-refractivity contribution in [2.24, 2.45) is 5.92 Å². The molecule has 1 aromatic rings. The van der Waals surface area contributed by atoms with Gasteiger partial charge >= 0.3 is 0 Å². The fourth-order valence-corrected chi connectivity index (χ4v) is 6.31. The van der Waals surface area contributed by atoms with Gasteiger partial charge in [0.1, 0.15) is 0 Å². The summed E-state index contributed by atoms with van der Waals surface area (Å²) < 4.78 is 26.3. The lowest BCUT2D eigenvalue weighted by molar-refractivity contribution is 0.0222. The van der Waals surface area contributed by atoms with E-state index in [0.29, 0.717) is 18.5 Å². The monoisotopic (exact) mass is 348 g/mol. The lowest BCUT2D eigenvalue weighted by Gasteiger charge is -2.51. The van der Waals surface area contributed by atoms with Crippen LogP contribution in [0, 0.1) is 5.92 Å². The molecule has 0 radical (unpaired) electrons. The minimum atomic E-state index is -3.11. The van der Waals surface area contributed by atoms with Crippen molar-refractivity contribution in [2.45, 2.75) is 51.1 Å². The van der Waals surface area contributed by atoms with Crippen LogP contribution in [0.15, 0.2) is 18.2 Å². The summed E-state index contributed by atoms with van der Waals surface area (Å²) in [7, 11) is -3.11. The van der Waals surface area contributed by atoms with Crippen molar-refractivity contribution in [3.8, 4) is 0 Å². The lowest BCUT2D eigenvalue weighted by atomic mass is 9.77. The molecule has 0 aliphatic carbocycles. The number of hydrogen-bond acceptors (Lipinski definition) is 3. The van der Waals surface area contributed by atoms with Crippen LogP contribution in [0.3, 0.4) is 0 Å². The second-order valence-corrected chi connectivity index (χ2v) is 9.66. The van der Waals surface area contributed by atoms with Crippen LogP contribution in [0.25, 0.3) is 0 Å². The highest BCUT2D eigenvalue weighted by Gasteiger charge is 2.44. The topological polar surface area (TPSA) is 40.6 Å². The van der Waals surface area contributed by atoms with Crippen LogP contribution in [0.2, 0.25) is 0 Å². The Balaban J connectivity index is 1.66. The maximum absolute atomic E-state index is 12.2. The minimum absolute atomic E-state index is 0.187. The van der Waals surface area contributed by atoms with Gasteiger partial charge in [-0.05, 0) is 54.7 Å². The summed E-state index contributed by atoms with van der Waals surface area (Å²) in [5.74, 6) is 0.501. The first-order valence-electron chi connectivity index (χ1n) is 9.30. The van der Waals surface area contributed by atoms with Gasteiger partial charge in [0.05, 0.1) is 6.26 Å². The first-order chi connectivity index (χ1) is 11.5. The Hall–Kier alpha value is -0.910. The first-order valence-corrected chi connectivity index (χ1v) is 11.1. The van der Waals surface area contributed by atoms with Crippen molar-refractivity contribution in [3.05, 3.63) is 34.9 Å². The second kappa shape index (κ2) is 6.11. The van der Waals surface area contributed by atoms with E-state index in [1.165, 1.54) is 29.4 Å². The van der Waals surface area contributed by atoms with Gasteiger partial charge in [-0.1, -0.05) is 25.1 Å². The van der Waals surface area contributed by atoms with Crippen molar-refractivity contribution in [1.29, 1.82) is 0 Å². The number of fused-ring (bicyclic) bond motifs is 4. The predicted molar refractivity (Wildman–Crippen MR) is 96.5 cm³/mol. The molecule has 0 N–H and O–H groups in total. The SMILES string of the molecule is CCc1ccc2c(c1)CCN1C[C@H]3CCCN(S(C)(=O)=O)[C@H]3C[C@H]21. The summed E-state index contributed by atoms with van der Waals surface area (Å²) in [5.41, 5.74) is 4.33. The summed E-state index contributed by atoms with van der Waals surface area (Å²) in [6.07, 6.45) is 6.71. The molecular weight excluding hydrogens is 320 g/mol. The zero-order valence-electron chi connectivity index (χ0n) is 14.7. The maximum atomic E-state index is 12.2. The quantitative estimate of drug-likeness (QED) is 0.825.